The highest BCUT2D eigenvalue weighted by Gasteiger charge is 2.27. The first-order chi connectivity index (χ1) is 14.3. The molecule has 0 unspecified atom stereocenters. The number of piperidine rings is 1. The molecule has 0 radical (unpaired) electrons. The van der Waals surface area contributed by atoms with E-state index in [1.165, 1.54) is 49.2 Å². The van der Waals surface area contributed by atoms with E-state index in [1.54, 1.807) is 0 Å². The van der Waals surface area contributed by atoms with E-state index in [0.29, 0.717) is 6.04 Å². The van der Waals surface area contributed by atoms with Crippen molar-refractivity contribution in [2.24, 2.45) is 5.92 Å². The van der Waals surface area contributed by atoms with Crippen LogP contribution in [-0.2, 0) is 17.8 Å². The molecule has 2 fully saturated rings. The molecule has 2 aliphatic heterocycles. The maximum absolute atomic E-state index is 5.62. The van der Waals surface area contributed by atoms with Crippen molar-refractivity contribution in [3.63, 3.8) is 0 Å². The van der Waals surface area contributed by atoms with E-state index in [2.05, 4.69) is 58.1 Å². The fourth-order valence-corrected chi connectivity index (χ4v) is 4.81. The standard InChI is InChI=1S/C25H35N3O/c1-21-5-2-3-7-24(21)20-27-13-8-22(9-14-27)18-28(25-10-15-29-16-11-25)19-23-6-4-12-26-17-23/h2-7,12,17,22,25H,8-11,13-16,18-20H2,1H3. The average Bonchev–Trinajstić information content (AvgIpc) is 2.77. The highest BCUT2D eigenvalue weighted by molar-refractivity contribution is 5.25. The number of aromatic nitrogens is 1. The van der Waals surface area contributed by atoms with Crippen LogP contribution in [0.1, 0.15) is 42.4 Å². The molecule has 4 rings (SSSR count). The van der Waals surface area contributed by atoms with Gasteiger partial charge in [0, 0.05) is 51.3 Å². The largest absolute Gasteiger partial charge is 0.381 e. The minimum absolute atomic E-state index is 0.647. The Morgan fingerprint density at radius 1 is 1.03 bits per heavy atom. The van der Waals surface area contributed by atoms with Crippen molar-refractivity contribution in [2.45, 2.75) is 51.7 Å². The summed E-state index contributed by atoms with van der Waals surface area (Å²) in [6.07, 6.45) is 8.82. The number of nitrogens with zero attached hydrogens (tertiary/aromatic N) is 3. The second-order valence-corrected chi connectivity index (χ2v) is 8.78. The Morgan fingerprint density at radius 3 is 2.55 bits per heavy atom. The van der Waals surface area contributed by atoms with Crippen LogP contribution in [0.2, 0.25) is 0 Å². The molecule has 1 aromatic heterocycles. The SMILES string of the molecule is Cc1ccccc1CN1CCC(CN(Cc2cccnc2)C2CCOCC2)CC1. The van der Waals surface area contributed by atoms with Gasteiger partial charge in [-0.05, 0) is 74.4 Å². The zero-order valence-electron chi connectivity index (χ0n) is 17.8. The van der Waals surface area contributed by atoms with Crippen LogP contribution in [0.5, 0.6) is 0 Å². The maximum Gasteiger partial charge on any atom is 0.0480 e. The molecule has 2 aromatic rings. The molecule has 0 N–H and O–H groups in total. The number of hydrogen-bond acceptors (Lipinski definition) is 4. The van der Waals surface area contributed by atoms with Gasteiger partial charge in [-0.2, -0.15) is 0 Å². The van der Waals surface area contributed by atoms with Gasteiger partial charge in [-0.1, -0.05) is 30.3 Å². The van der Waals surface area contributed by atoms with Crippen LogP contribution < -0.4 is 0 Å². The van der Waals surface area contributed by atoms with Crippen molar-refractivity contribution in [1.29, 1.82) is 0 Å². The van der Waals surface area contributed by atoms with E-state index < -0.39 is 0 Å². The van der Waals surface area contributed by atoms with Crippen LogP contribution in [-0.4, -0.2) is 53.7 Å². The molecule has 4 nitrogen and oxygen atoms in total. The predicted octanol–water partition coefficient (Wildman–Crippen LogP) is 4.28. The third-order valence-electron chi connectivity index (χ3n) is 6.67. The van der Waals surface area contributed by atoms with Crippen molar-refractivity contribution in [1.82, 2.24) is 14.8 Å². The Hall–Kier alpha value is -1.75. The van der Waals surface area contributed by atoms with E-state index in [-0.39, 0.29) is 0 Å². The lowest BCUT2D eigenvalue weighted by atomic mass is 9.94. The summed E-state index contributed by atoms with van der Waals surface area (Å²) >= 11 is 0. The molecule has 0 saturated carbocycles. The lowest BCUT2D eigenvalue weighted by Gasteiger charge is -2.39. The molecule has 0 amide bonds. The topological polar surface area (TPSA) is 28.6 Å². The second kappa shape index (κ2) is 10.3. The molecule has 0 atom stereocenters. The fraction of sp³-hybridized carbons (Fsp3) is 0.560. The third kappa shape index (κ3) is 5.88. The number of rotatable bonds is 7. The number of pyridine rings is 1. The van der Waals surface area contributed by atoms with Crippen molar-refractivity contribution in [2.75, 3.05) is 32.8 Å². The molecule has 0 aliphatic carbocycles. The Balaban J connectivity index is 1.32. The smallest absolute Gasteiger partial charge is 0.0480 e. The fourth-order valence-electron chi connectivity index (χ4n) is 4.81. The molecule has 0 bridgehead atoms. The zero-order chi connectivity index (χ0) is 19.9. The van der Waals surface area contributed by atoms with Gasteiger partial charge in [0.2, 0.25) is 0 Å². The summed E-state index contributed by atoms with van der Waals surface area (Å²) in [4.78, 5) is 9.69. The van der Waals surface area contributed by atoms with E-state index in [9.17, 15) is 0 Å². The minimum Gasteiger partial charge on any atom is -0.381 e. The van der Waals surface area contributed by atoms with Gasteiger partial charge in [0.25, 0.3) is 0 Å². The Labute approximate surface area is 175 Å². The molecule has 2 aliphatic rings. The van der Waals surface area contributed by atoms with Gasteiger partial charge in [-0.15, -0.1) is 0 Å². The van der Waals surface area contributed by atoms with Gasteiger partial charge in [-0.3, -0.25) is 14.8 Å². The van der Waals surface area contributed by atoms with Crippen LogP contribution in [0.4, 0.5) is 0 Å². The van der Waals surface area contributed by atoms with E-state index >= 15 is 0 Å². The Bertz CT molecular complexity index is 737. The first-order valence-electron chi connectivity index (χ1n) is 11.3. The number of benzene rings is 1. The zero-order valence-corrected chi connectivity index (χ0v) is 17.8. The van der Waals surface area contributed by atoms with Gasteiger partial charge in [0.05, 0.1) is 0 Å². The molecular weight excluding hydrogens is 358 g/mol. The molecule has 156 valence electrons. The van der Waals surface area contributed by atoms with Gasteiger partial charge in [-0.25, -0.2) is 0 Å². The summed E-state index contributed by atoms with van der Waals surface area (Å²) in [5.74, 6) is 0.794. The number of hydrogen-bond donors (Lipinski definition) is 0. The molecule has 0 spiro atoms. The molecule has 2 saturated heterocycles. The monoisotopic (exact) mass is 393 g/mol. The number of likely N-dealkylation sites (tertiary alicyclic amines) is 1. The van der Waals surface area contributed by atoms with Crippen LogP contribution >= 0.6 is 0 Å². The molecule has 1 aromatic carbocycles. The summed E-state index contributed by atoms with van der Waals surface area (Å²) < 4.78 is 5.62. The van der Waals surface area contributed by atoms with Crippen molar-refractivity contribution < 1.29 is 4.74 Å². The van der Waals surface area contributed by atoms with Gasteiger partial charge in [0.1, 0.15) is 0 Å². The van der Waals surface area contributed by atoms with Crippen LogP contribution in [0.25, 0.3) is 0 Å². The number of ether oxygens (including phenoxy) is 1. The van der Waals surface area contributed by atoms with Gasteiger partial charge < -0.3 is 4.74 Å². The van der Waals surface area contributed by atoms with Crippen LogP contribution in [0, 0.1) is 12.8 Å². The van der Waals surface area contributed by atoms with E-state index in [0.717, 1.165) is 45.1 Å². The van der Waals surface area contributed by atoms with E-state index in [4.69, 9.17) is 4.74 Å². The summed E-state index contributed by atoms with van der Waals surface area (Å²) in [7, 11) is 0. The lowest BCUT2D eigenvalue weighted by Crippen LogP contribution is -2.44. The van der Waals surface area contributed by atoms with E-state index in [1.807, 2.05) is 12.4 Å². The first kappa shape index (κ1) is 20.5. The first-order valence-corrected chi connectivity index (χ1v) is 11.3. The summed E-state index contributed by atoms with van der Waals surface area (Å²) in [5.41, 5.74) is 4.22. The molecular formula is C25H35N3O. The summed E-state index contributed by atoms with van der Waals surface area (Å²) in [5, 5.41) is 0. The Morgan fingerprint density at radius 2 is 1.83 bits per heavy atom. The molecule has 3 heterocycles. The van der Waals surface area contributed by atoms with Gasteiger partial charge >= 0.3 is 0 Å². The number of aryl methyl sites for hydroxylation is 1. The third-order valence-corrected chi connectivity index (χ3v) is 6.67. The summed E-state index contributed by atoms with van der Waals surface area (Å²) in [6.45, 7) is 9.79. The van der Waals surface area contributed by atoms with Gasteiger partial charge in [0.15, 0.2) is 0 Å². The highest BCUT2D eigenvalue weighted by atomic mass is 16.5. The quantitative estimate of drug-likeness (QED) is 0.702. The van der Waals surface area contributed by atoms with Crippen molar-refractivity contribution in [3.05, 3.63) is 65.5 Å². The van der Waals surface area contributed by atoms with Crippen LogP contribution in [0.15, 0.2) is 48.8 Å². The summed E-state index contributed by atoms with van der Waals surface area (Å²) in [6, 6.07) is 13.7. The molecule has 4 heteroatoms. The normalized spacial score (nSPS) is 19.7. The Kier molecular flexibility index (Phi) is 7.31. The highest BCUT2D eigenvalue weighted by Crippen LogP contribution is 2.25. The van der Waals surface area contributed by atoms with Crippen molar-refractivity contribution >= 4 is 0 Å². The maximum atomic E-state index is 5.62. The predicted molar refractivity (Wildman–Crippen MR) is 118 cm³/mol. The van der Waals surface area contributed by atoms with Crippen LogP contribution in [0.3, 0.4) is 0 Å². The lowest BCUT2D eigenvalue weighted by molar-refractivity contribution is 0.0194. The second-order valence-electron chi connectivity index (χ2n) is 8.78. The minimum atomic E-state index is 0.647. The van der Waals surface area contributed by atoms with Crippen molar-refractivity contribution in [3.8, 4) is 0 Å². The molecule has 29 heavy (non-hydrogen) atoms. The average molecular weight is 394 g/mol.